The van der Waals surface area contributed by atoms with E-state index in [1.807, 2.05) is 0 Å². The highest BCUT2D eigenvalue weighted by molar-refractivity contribution is 7.90. The molecule has 0 aliphatic heterocycles. The lowest BCUT2D eigenvalue weighted by Gasteiger charge is -2.48. The zero-order valence-corrected chi connectivity index (χ0v) is 15.1. The van der Waals surface area contributed by atoms with E-state index in [9.17, 15) is 18.3 Å². The van der Waals surface area contributed by atoms with Gasteiger partial charge in [0.25, 0.3) is 0 Å². The SMILES string of the molecule is Cn1c(=O)oc2cc(CS(=O)(=O)CC3(O)CC4CCC3CC4)ccc21. The third kappa shape index (κ3) is 3.04. The van der Waals surface area contributed by atoms with Crippen LogP contribution in [0.5, 0.6) is 0 Å². The Morgan fingerprint density at radius 2 is 2.00 bits per heavy atom. The highest BCUT2D eigenvalue weighted by atomic mass is 32.2. The molecule has 0 amide bonds. The second-order valence-electron chi connectivity index (χ2n) is 7.79. The summed E-state index contributed by atoms with van der Waals surface area (Å²) in [5, 5.41) is 10.9. The summed E-state index contributed by atoms with van der Waals surface area (Å²) >= 11 is 0. The van der Waals surface area contributed by atoms with Crippen molar-refractivity contribution in [2.75, 3.05) is 5.75 Å². The van der Waals surface area contributed by atoms with Crippen molar-refractivity contribution in [3.05, 3.63) is 34.3 Å². The number of hydrogen-bond acceptors (Lipinski definition) is 5. The van der Waals surface area contributed by atoms with Crippen LogP contribution in [0.1, 0.15) is 37.7 Å². The van der Waals surface area contributed by atoms with Crippen LogP contribution in [0.15, 0.2) is 27.4 Å². The van der Waals surface area contributed by atoms with Gasteiger partial charge in [0.15, 0.2) is 15.4 Å². The molecule has 0 saturated heterocycles. The second kappa shape index (κ2) is 5.71. The first-order chi connectivity index (χ1) is 11.8. The van der Waals surface area contributed by atoms with Crippen molar-refractivity contribution < 1.29 is 17.9 Å². The van der Waals surface area contributed by atoms with Gasteiger partial charge in [0, 0.05) is 7.05 Å². The molecular formula is C18H23NO5S. The van der Waals surface area contributed by atoms with Crippen LogP contribution in [0.2, 0.25) is 0 Å². The van der Waals surface area contributed by atoms with E-state index in [4.69, 9.17) is 4.42 Å². The van der Waals surface area contributed by atoms with Gasteiger partial charge in [-0.25, -0.2) is 13.2 Å². The van der Waals surface area contributed by atoms with E-state index in [0.29, 0.717) is 29.0 Å². The summed E-state index contributed by atoms with van der Waals surface area (Å²) < 4.78 is 31.9. The molecule has 0 radical (unpaired) electrons. The quantitative estimate of drug-likeness (QED) is 0.895. The van der Waals surface area contributed by atoms with E-state index in [1.54, 1.807) is 25.2 Å². The molecule has 1 aromatic carbocycles. The summed E-state index contributed by atoms with van der Waals surface area (Å²) in [7, 11) is -1.85. The predicted molar refractivity (Wildman–Crippen MR) is 94.0 cm³/mol. The molecule has 1 atom stereocenters. The Hall–Kier alpha value is -1.60. The topological polar surface area (TPSA) is 89.5 Å². The Morgan fingerprint density at radius 3 is 2.64 bits per heavy atom. The van der Waals surface area contributed by atoms with Crippen molar-refractivity contribution in [1.82, 2.24) is 4.57 Å². The fraction of sp³-hybridized carbons (Fsp3) is 0.611. The molecule has 1 unspecified atom stereocenters. The number of aliphatic hydroxyl groups is 1. The van der Waals surface area contributed by atoms with Gasteiger partial charge in [-0.2, -0.15) is 0 Å². The van der Waals surface area contributed by atoms with Gasteiger partial charge in [-0.15, -0.1) is 0 Å². The van der Waals surface area contributed by atoms with Crippen molar-refractivity contribution in [2.24, 2.45) is 18.9 Å². The van der Waals surface area contributed by atoms with Gasteiger partial charge in [-0.05, 0) is 61.6 Å². The summed E-state index contributed by atoms with van der Waals surface area (Å²) in [5.41, 5.74) is 0.514. The highest BCUT2D eigenvalue weighted by Gasteiger charge is 2.48. The highest BCUT2D eigenvalue weighted by Crippen LogP contribution is 2.48. The lowest BCUT2D eigenvalue weighted by Crippen LogP contribution is -2.51. The number of rotatable bonds is 4. The normalized spacial score (nSPS) is 29.4. The third-order valence-electron chi connectivity index (χ3n) is 5.96. The zero-order chi connectivity index (χ0) is 17.8. The number of aryl methyl sites for hydroxylation is 1. The molecule has 3 aliphatic carbocycles. The van der Waals surface area contributed by atoms with Crippen molar-refractivity contribution >= 4 is 20.9 Å². The standard InChI is InChI=1S/C18H23NO5S/c1-19-15-7-4-13(8-16(15)24-17(19)20)10-25(22,23)11-18(21)9-12-2-5-14(18)6-3-12/h4,7-8,12,14,21H,2-3,5-6,9-11H2,1H3. The monoisotopic (exact) mass is 365 g/mol. The minimum atomic E-state index is -3.46. The van der Waals surface area contributed by atoms with Crippen LogP contribution in [0.4, 0.5) is 0 Å². The molecule has 2 bridgehead atoms. The maximum Gasteiger partial charge on any atom is 0.419 e. The van der Waals surface area contributed by atoms with Gasteiger partial charge >= 0.3 is 5.76 Å². The number of fused-ring (bicyclic) bond motifs is 4. The number of oxazole rings is 1. The lowest BCUT2D eigenvalue weighted by atomic mass is 9.63. The van der Waals surface area contributed by atoms with Crippen LogP contribution in [-0.2, 0) is 22.6 Å². The molecule has 136 valence electrons. The second-order valence-corrected chi connectivity index (χ2v) is 9.85. The molecule has 2 aromatic rings. The fourth-order valence-corrected chi connectivity index (χ4v) is 6.61. The van der Waals surface area contributed by atoms with Gasteiger partial charge in [0.05, 0.1) is 22.6 Å². The van der Waals surface area contributed by atoms with Gasteiger partial charge in [0.1, 0.15) is 0 Å². The first kappa shape index (κ1) is 16.8. The molecule has 6 nitrogen and oxygen atoms in total. The minimum absolute atomic E-state index is 0.0990. The summed E-state index contributed by atoms with van der Waals surface area (Å²) in [6.45, 7) is 0. The number of sulfone groups is 1. The van der Waals surface area contributed by atoms with E-state index < -0.39 is 21.2 Å². The number of nitrogens with zero attached hydrogens (tertiary/aromatic N) is 1. The molecule has 1 N–H and O–H groups in total. The van der Waals surface area contributed by atoms with Crippen LogP contribution < -0.4 is 5.76 Å². The van der Waals surface area contributed by atoms with Crippen LogP contribution in [0, 0.1) is 11.8 Å². The van der Waals surface area contributed by atoms with Crippen LogP contribution in [-0.4, -0.2) is 29.4 Å². The fourth-order valence-electron chi connectivity index (χ4n) is 4.70. The zero-order valence-electron chi connectivity index (χ0n) is 14.3. The Labute approximate surface area is 146 Å². The van der Waals surface area contributed by atoms with Crippen LogP contribution in [0.3, 0.4) is 0 Å². The Balaban J connectivity index is 1.56. The minimum Gasteiger partial charge on any atom is -0.408 e. The molecule has 25 heavy (non-hydrogen) atoms. The molecule has 7 heteroatoms. The first-order valence-electron chi connectivity index (χ1n) is 8.77. The Kier molecular flexibility index (Phi) is 3.85. The summed E-state index contributed by atoms with van der Waals surface area (Å²) in [6.07, 6.45) is 4.67. The van der Waals surface area contributed by atoms with Crippen molar-refractivity contribution in [3.63, 3.8) is 0 Å². The number of hydrogen-bond donors (Lipinski definition) is 1. The Bertz CT molecular complexity index is 965. The van der Waals surface area contributed by atoms with E-state index in [1.165, 1.54) is 4.57 Å². The largest absolute Gasteiger partial charge is 0.419 e. The van der Waals surface area contributed by atoms with Gasteiger partial charge < -0.3 is 9.52 Å². The van der Waals surface area contributed by atoms with Crippen molar-refractivity contribution in [3.8, 4) is 0 Å². The smallest absolute Gasteiger partial charge is 0.408 e. The molecule has 0 spiro atoms. The molecule has 1 aromatic heterocycles. The molecule has 3 aliphatic rings. The van der Waals surface area contributed by atoms with E-state index in [-0.39, 0.29) is 17.4 Å². The molecule has 3 fully saturated rings. The summed E-state index contributed by atoms with van der Waals surface area (Å²) in [6, 6.07) is 5.00. The molecule has 5 rings (SSSR count). The Morgan fingerprint density at radius 1 is 1.28 bits per heavy atom. The molecular weight excluding hydrogens is 342 g/mol. The summed E-state index contributed by atoms with van der Waals surface area (Å²) in [4.78, 5) is 11.6. The van der Waals surface area contributed by atoms with Crippen LogP contribution >= 0.6 is 0 Å². The summed E-state index contributed by atoms with van der Waals surface area (Å²) in [5.74, 6) is -0.247. The maximum absolute atomic E-state index is 12.7. The van der Waals surface area contributed by atoms with Gasteiger partial charge in [-0.3, -0.25) is 4.57 Å². The maximum atomic E-state index is 12.7. The van der Waals surface area contributed by atoms with E-state index in [2.05, 4.69) is 0 Å². The van der Waals surface area contributed by atoms with Crippen molar-refractivity contribution in [2.45, 2.75) is 43.5 Å². The number of aromatic nitrogens is 1. The molecule has 3 saturated carbocycles. The van der Waals surface area contributed by atoms with Gasteiger partial charge in [0.2, 0.25) is 0 Å². The number of benzene rings is 1. The third-order valence-corrected chi connectivity index (χ3v) is 7.67. The average Bonchev–Trinajstić information content (AvgIpc) is 2.80. The van der Waals surface area contributed by atoms with Crippen LogP contribution in [0.25, 0.3) is 11.1 Å². The van der Waals surface area contributed by atoms with Gasteiger partial charge in [-0.1, -0.05) is 6.07 Å². The molecule has 1 heterocycles. The van der Waals surface area contributed by atoms with E-state index in [0.717, 1.165) is 25.7 Å². The van der Waals surface area contributed by atoms with Crippen molar-refractivity contribution in [1.29, 1.82) is 0 Å². The first-order valence-corrected chi connectivity index (χ1v) is 10.6. The average molecular weight is 365 g/mol. The van der Waals surface area contributed by atoms with E-state index >= 15 is 0 Å². The lowest BCUT2D eigenvalue weighted by molar-refractivity contribution is -0.0801. The predicted octanol–water partition coefficient (Wildman–Crippen LogP) is 1.99.